The molecular weight excluding hydrogens is 300 g/mol. The van der Waals surface area contributed by atoms with E-state index < -0.39 is 5.97 Å². The van der Waals surface area contributed by atoms with E-state index in [9.17, 15) is 19.5 Å². The molecule has 0 aromatic heterocycles. The second kappa shape index (κ2) is 6.09. The smallest absolute Gasteiger partial charge is 0.354 e. The Balaban J connectivity index is 2.02. The summed E-state index contributed by atoms with van der Waals surface area (Å²) >= 11 is 2.82. The van der Waals surface area contributed by atoms with Gasteiger partial charge < -0.3 is 10.4 Å². The highest BCUT2D eigenvalue weighted by Gasteiger charge is 2.55. The lowest BCUT2D eigenvalue weighted by atomic mass is 9.95. The van der Waals surface area contributed by atoms with Crippen molar-refractivity contribution in [3.05, 3.63) is 9.93 Å². The molecule has 1 saturated heterocycles. The summed E-state index contributed by atoms with van der Waals surface area (Å²) in [5.41, 5.74) is 0.0996. The van der Waals surface area contributed by atoms with E-state index in [-0.39, 0.29) is 28.8 Å². The van der Waals surface area contributed by atoms with Crippen LogP contribution in [-0.4, -0.2) is 45.5 Å². The summed E-state index contributed by atoms with van der Waals surface area (Å²) in [6.07, 6.45) is 0.726. The summed E-state index contributed by atoms with van der Waals surface area (Å²) < 4.78 is 0.664. The lowest BCUT2D eigenvalue weighted by Gasteiger charge is -2.41. The molecule has 2 heterocycles. The molecule has 2 amide bonds. The van der Waals surface area contributed by atoms with Gasteiger partial charge in [0.25, 0.3) is 0 Å². The summed E-state index contributed by atoms with van der Waals surface area (Å²) in [7, 11) is 0. The SMILES string of the molecule is CCC1C(=O)N2C(C(=O)O)=C(SCCNC(C)=O)S[C@@H]12. The van der Waals surface area contributed by atoms with Crippen molar-refractivity contribution >= 4 is 41.3 Å². The Morgan fingerprint density at radius 2 is 2.20 bits per heavy atom. The van der Waals surface area contributed by atoms with Crippen LogP contribution in [0.4, 0.5) is 0 Å². The van der Waals surface area contributed by atoms with Gasteiger partial charge in [0.1, 0.15) is 0 Å². The number of hydrogen-bond acceptors (Lipinski definition) is 5. The fourth-order valence-electron chi connectivity index (χ4n) is 2.20. The third-order valence-corrected chi connectivity index (χ3v) is 5.86. The average Bonchev–Trinajstić information content (AvgIpc) is 2.70. The summed E-state index contributed by atoms with van der Waals surface area (Å²) in [5.74, 6) is -0.765. The number of nitrogens with zero attached hydrogens (tertiary/aromatic N) is 1. The quantitative estimate of drug-likeness (QED) is 0.563. The first-order valence-corrected chi connectivity index (χ1v) is 8.18. The van der Waals surface area contributed by atoms with Crippen molar-refractivity contribution in [2.75, 3.05) is 12.3 Å². The number of hydrogen-bond donors (Lipinski definition) is 2. The summed E-state index contributed by atoms with van der Waals surface area (Å²) in [4.78, 5) is 35.4. The Kier molecular flexibility index (Phi) is 4.64. The molecular formula is C12H16N2O4S2. The number of amides is 2. The average molecular weight is 316 g/mol. The zero-order chi connectivity index (χ0) is 14.9. The Morgan fingerprint density at radius 1 is 1.50 bits per heavy atom. The molecule has 2 aliphatic rings. The van der Waals surface area contributed by atoms with E-state index in [2.05, 4.69) is 5.32 Å². The molecule has 0 aromatic carbocycles. The van der Waals surface area contributed by atoms with Crippen LogP contribution in [0.3, 0.4) is 0 Å². The van der Waals surface area contributed by atoms with Gasteiger partial charge in [-0.3, -0.25) is 14.5 Å². The van der Waals surface area contributed by atoms with E-state index in [0.29, 0.717) is 16.5 Å². The van der Waals surface area contributed by atoms with E-state index in [4.69, 9.17) is 0 Å². The van der Waals surface area contributed by atoms with Crippen LogP contribution in [0, 0.1) is 5.92 Å². The molecule has 0 aliphatic carbocycles. The Hall–Kier alpha value is -1.15. The molecule has 2 atom stereocenters. The van der Waals surface area contributed by atoms with Gasteiger partial charge in [-0.05, 0) is 6.42 Å². The first-order valence-electron chi connectivity index (χ1n) is 6.31. The number of carboxylic acids is 1. The van der Waals surface area contributed by atoms with E-state index in [1.807, 2.05) is 6.92 Å². The highest BCUT2D eigenvalue weighted by Crippen LogP contribution is 2.53. The molecule has 0 radical (unpaired) electrons. The Morgan fingerprint density at radius 3 is 2.75 bits per heavy atom. The van der Waals surface area contributed by atoms with Crippen LogP contribution in [0.2, 0.25) is 0 Å². The number of β-lactam (4-membered cyclic amide) rings is 1. The molecule has 0 saturated carbocycles. The lowest BCUT2D eigenvalue weighted by molar-refractivity contribution is -0.151. The van der Waals surface area contributed by atoms with Crippen LogP contribution in [0.15, 0.2) is 9.93 Å². The van der Waals surface area contributed by atoms with Crippen molar-refractivity contribution in [1.29, 1.82) is 0 Å². The first-order chi connectivity index (χ1) is 9.47. The second-order valence-corrected chi connectivity index (χ2v) is 6.99. The molecule has 2 aliphatic heterocycles. The van der Waals surface area contributed by atoms with Gasteiger partial charge in [-0.1, -0.05) is 18.7 Å². The maximum Gasteiger partial charge on any atom is 0.354 e. The minimum absolute atomic E-state index is 0.0677. The number of thioether (sulfide) groups is 2. The summed E-state index contributed by atoms with van der Waals surface area (Å²) in [5, 5.41) is 11.9. The molecule has 0 spiro atoms. The molecule has 1 fully saturated rings. The number of aliphatic carboxylic acids is 1. The molecule has 8 heteroatoms. The zero-order valence-corrected chi connectivity index (χ0v) is 12.8. The van der Waals surface area contributed by atoms with E-state index in [1.165, 1.54) is 35.3 Å². The maximum absolute atomic E-state index is 11.9. The molecule has 1 unspecified atom stereocenters. The van der Waals surface area contributed by atoms with Crippen molar-refractivity contribution < 1.29 is 19.5 Å². The van der Waals surface area contributed by atoms with Gasteiger partial charge in [-0.2, -0.15) is 0 Å². The van der Waals surface area contributed by atoms with Gasteiger partial charge in [-0.25, -0.2) is 4.79 Å². The molecule has 0 aromatic rings. The zero-order valence-electron chi connectivity index (χ0n) is 11.2. The highest BCUT2D eigenvalue weighted by molar-refractivity contribution is 8.22. The van der Waals surface area contributed by atoms with Gasteiger partial charge >= 0.3 is 5.97 Å². The Bertz CT molecular complexity index is 492. The molecule has 0 bridgehead atoms. The second-order valence-electron chi connectivity index (χ2n) is 4.50. The topological polar surface area (TPSA) is 86.7 Å². The van der Waals surface area contributed by atoms with Crippen LogP contribution < -0.4 is 5.32 Å². The summed E-state index contributed by atoms with van der Waals surface area (Å²) in [6.45, 7) is 3.85. The minimum atomic E-state index is -1.06. The maximum atomic E-state index is 11.9. The highest BCUT2D eigenvalue weighted by atomic mass is 32.2. The molecule has 2 N–H and O–H groups in total. The van der Waals surface area contributed by atoms with E-state index in [1.54, 1.807) is 0 Å². The fraction of sp³-hybridized carbons (Fsp3) is 0.583. The van der Waals surface area contributed by atoms with Crippen molar-refractivity contribution in [2.45, 2.75) is 25.6 Å². The monoisotopic (exact) mass is 316 g/mol. The van der Waals surface area contributed by atoms with E-state index in [0.717, 1.165) is 6.42 Å². The number of carbonyl (C=O) groups excluding carboxylic acids is 2. The van der Waals surface area contributed by atoms with Crippen LogP contribution in [-0.2, 0) is 14.4 Å². The largest absolute Gasteiger partial charge is 0.477 e. The van der Waals surface area contributed by atoms with Crippen molar-refractivity contribution in [3.8, 4) is 0 Å². The number of fused-ring (bicyclic) bond motifs is 1. The normalized spacial score (nSPS) is 24.5. The van der Waals surface area contributed by atoms with Gasteiger partial charge in [-0.15, -0.1) is 11.8 Å². The number of nitrogens with one attached hydrogen (secondary N) is 1. The summed E-state index contributed by atoms with van der Waals surface area (Å²) in [6, 6.07) is 0. The van der Waals surface area contributed by atoms with Crippen LogP contribution in [0.5, 0.6) is 0 Å². The standard InChI is InChI=1S/C12H16N2O4S2/c1-3-7-9(16)14-8(11(17)18)12(20-10(7)14)19-5-4-13-6(2)15/h7,10H,3-5H2,1-2H3,(H,13,15)(H,17,18)/t7?,10-/m0/s1. The first kappa shape index (κ1) is 15.2. The fourth-order valence-corrected chi connectivity index (χ4v) is 5.03. The van der Waals surface area contributed by atoms with Crippen LogP contribution >= 0.6 is 23.5 Å². The Labute approximate surface area is 125 Å². The predicted octanol–water partition coefficient (Wildman–Crippen LogP) is 1.05. The van der Waals surface area contributed by atoms with Gasteiger partial charge in [0, 0.05) is 19.2 Å². The van der Waals surface area contributed by atoms with Gasteiger partial charge in [0.2, 0.25) is 11.8 Å². The van der Waals surface area contributed by atoms with Crippen LogP contribution in [0.1, 0.15) is 20.3 Å². The molecule has 2 rings (SSSR count). The minimum Gasteiger partial charge on any atom is -0.477 e. The molecule has 6 nitrogen and oxygen atoms in total. The number of carbonyl (C=O) groups is 3. The number of carboxylic acid groups (broad SMARTS) is 1. The third-order valence-electron chi connectivity index (χ3n) is 3.17. The van der Waals surface area contributed by atoms with Gasteiger partial charge in [0.15, 0.2) is 5.70 Å². The van der Waals surface area contributed by atoms with Crippen molar-refractivity contribution in [1.82, 2.24) is 10.2 Å². The van der Waals surface area contributed by atoms with Gasteiger partial charge in [0.05, 0.1) is 15.5 Å². The van der Waals surface area contributed by atoms with Crippen molar-refractivity contribution in [3.63, 3.8) is 0 Å². The van der Waals surface area contributed by atoms with Crippen LogP contribution in [0.25, 0.3) is 0 Å². The third kappa shape index (κ3) is 2.67. The lowest BCUT2D eigenvalue weighted by Crippen LogP contribution is -2.56. The van der Waals surface area contributed by atoms with E-state index >= 15 is 0 Å². The number of rotatable bonds is 6. The predicted molar refractivity (Wildman–Crippen MR) is 77.8 cm³/mol. The van der Waals surface area contributed by atoms with Crippen molar-refractivity contribution in [2.24, 2.45) is 5.92 Å². The molecule has 20 heavy (non-hydrogen) atoms. The molecule has 110 valence electrons.